The van der Waals surface area contributed by atoms with E-state index in [2.05, 4.69) is 5.32 Å². The molecule has 1 fully saturated rings. The van der Waals surface area contributed by atoms with Gasteiger partial charge in [0.2, 0.25) is 15.9 Å². The fourth-order valence-electron chi connectivity index (χ4n) is 3.20. The summed E-state index contributed by atoms with van der Waals surface area (Å²) in [5, 5.41) is 3.03. The lowest BCUT2D eigenvalue weighted by Gasteiger charge is -2.20. The molecule has 0 unspecified atom stereocenters. The summed E-state index contributed by atoms with van der Waals surface area (Å²) in [4.78, 5) is 13.5. The van der Waals surface area contributed by atoms with Crippen molar-refractivity contribution in [3.63, 3.8) is 0 Å². The van der Waals surface area contributed by atoms with Crippen molar-refractivity contribution in [3.8, 4) is 5.75 Å². The predicted molar refractivity (Wildman–Crippen MR) is 121 cm³/mol. The lowest BCUT2D eigenvalue weighted by atomic mass is 10.2. The molecule has 0 aliphatic carbocycles. The van der Waals surface area contributed by atoms with Gasteiger partial charge in [-0.15, -0.1) is 11.8 Å². The number of benzene rings is 2. The molecule has 3 rings (SSSR count). The lowest BCUT2D eigenvalue weighted by molar-refractivity contribution is -0.113. The minimum atomic E-state index is -3.62. The van der Waals surface area contributed by atoms with Gasteiger partial charge in [0.1, 0.15) is 5.75 Å². The molecule has 2 aromatic carbocycles. The molecule has 1 saturated heterocycles. The molecule has 0 bridgehead atoms. The van der Waals surface area contributed by atoms with Gasteiger partial charge in [-0.3, -0.25) is 4.79 Å². The summed E-state index contributed by atoms with van der Waals surface area (Å²) in [5.74, 6) is 0.659. The van der Waals surface area contributed by atoms with E-state index in [1.54, 1.807) is 7.11 Å². The van der Waals surface area contributed by atoms with Gasteiger partial charge in [-0.25, -0.2) is 8.42 Å². The molecule has 162 valence electrons. The van der Waals surface area contributed by atoms with Crippen molar-refractivity contribution in [1.29, 1.82) is 0 Å². The topological polar surface area (TPSA) is 75.7 Å². The molecule has 9 heteroatoms. The Labute approximate surface area is 187 Å². The fourth-order valence-corrected chi connectivity index (χ4v) is 5.61. The van der Waals surface area contributed by atoms with Crippen molar-refractivity contribution in [1.82, 2.24) is 4.31 Å². The average Bonchev–Trinajstić information content (AvgIpc) is 3.04. The summed E-state index contributed by atoms with van der Waals surface area (Å²) < 4.78 is 32.7. The van der Waals surface area contributed by atoms with E-state index < -0.39 is 10.0 Å². The standard InChI is InChI=1S/C21H25ClN2O4S2/c1-28-16-6-8-17(9-7-16)29-15-21(25)23-20-14-18(10-11-19(20)22)30(26,27)24-12-4-2-3-5-13-24/h6-11,14H,2-5,12-13,15H2,1H3,(H,23,25). The van der Waals surface area contributed by atoms with Gasteiger partial charge in [-0.05, 0) is 55.3 Å². The number of thioether (sulfide) groups is 1. The van der Waals surface area contributed by atoms with Crippen LogP contribution in [0.1, 0.15) is 25.7 Å². The highest BCUT2D eigenvalue weighted by atomic mass is 35.5. The van der Waals surface area contributed by atoms with E-state index in [1.807, 2.05) is 24.3 Å². The summed E-state index contributed by atoms with van der Waals surface area (Å²) in [6.07, 6.45) is 3.80. The van der Waals surface area contributed by atoms with Crippen LogP contribution in [0.2, 0.25) is 5.02 Å². The number of sulfonamides is 1. The van der Waals surface area contributed by atoms with Crippen LogP contribution in [0.4, 0.5) is 5.69 Å². The fraction of sp³-hybridized carbons (Fsp3) is 0.381. The Balaban J connectivity index is 1.67. The number of halogens is 1. The van der Waals surface area contributed by atoms with Crippen LogP contribution in [0, 0.1) is 0 Å². The van der Waals surface area contributed by atoms with Gasteiger partial charge in [0.15, 0.2) is 0 Å². The Morgan fingerprint density at radius 3 is 2.40 bits per heavy atom. The van der Waals surface area contributed by atoms with Gasteiger partial charge in [0.05, 0.1) is 28.5 Å². The summed E-state index contributed by atoms with van der Waals surface area (Å²) >= 11 is 7.58. The van der Waals surface area contributed by atoms with Crippen LogP contribution >= 0.6 is 23.4 Å². The molecule has 1 heterocycles. The first-order valence-electron chi connectivity index (χ1n) is 9.76. The van der Waals surface area contributed by atoms with Crippen LogP contribution in [-0.2, 0) is 14.8 Å². The third-order valence-electron chi connectivity index (χ3n) is 4.84. The number of ether oxygens (including phenoxy) is 1. The number of anilines is 1. The SMILES string of the molecule is COc1ccc(SCC(=O)Nc2cc(S(=O)(=O)N3CCCCCC3)ccc2Cl)cc1. The number of nitrogens with zero attached hydrogens (tertiary/aromatic N) is 1. The Kier molecular flexibility index (Phi) is 8.05. The maximum absolute atomic E-state index is 13.0. The summed E-state index contributed by atoms with van der Waals surface area (Å²) in [6.45, 7) is 1.04. The van der Waals surface area contributed by atoms with E-state index in [0.717, 1.165) is 36.3 Å². The molecule has 0 radical (unpaired) electrons. The average molecular weight is 469 g/mol. The molecule has 1 N–H and O–H groups in total. The van der Waals surface area contributed by atoms with Gasteiger partial charge in [-0.1, -0.05) is 24.4 Å². The van der Waals surface area contributed by atoms with Gasteiger partial charge in [-0.2, -0.15) is 4.31 Å². The molecule has 30 heavy (non-hydrogen) atoms. The Bertz CT molecular complexity index is 973. The molecule has 1 aliphatic rings. The summed E-state index contributed by atoms with van der Waals surface area (Å²) in [6, 6.07) is 11.8. The molecular weight excluding hydrogens is 444 g/mol. The Morgan fingerprint density at radius 1 is 1.10 bits per heavy atom. The lowest BCUT2D eigenvalue weighted by Crippen LogP contribution is -2.32. The van der Waals surface area contributed by atoms with E-state index in [9.17, 15) is 13.2 Å². The second-order valence-electron chi connectivity index (χ2n) is 6.97. The first-order chi connectivity index (χ1) is 14.4. The number of methoxy groups -OCH3 is 1. The normalized spacial score (nSPS) is 15.4. The van der Waals surface area contributed by atoms with E-state index >= 15 is 0 Å². The number of amides is 1. The summed E-state index contributed by atoms with van der Waals surface area (Å²) in [5.41, 5.74) is 0.299. The number of rotatable bonds is 7. The molecule has 0 spiro atoms. The van der Waals surface area contributed by atoms with Crippen LogP contribution in [-0.4, -0.2) is 44.6 Å². The highest BCUT2D eigenvalue weighted by Crippen LogP contribution is 2.29. The van der Waals surface area contributed by atoms with Crippen molar-refractivity contribution in [3.05, 3.63) is 47.5 Å². The van der Waals surface area contributed by atoms with Gasteiger partial charge >= 0.3 is 0 Å². The van der Waals surface area contributed by atoms with Crippen LogP contribution in [0.15, 0.2) is 52.3 Å². The van der Waals surface area contributed by atoms with Crippen LogP contribution < -0.4 is 10.1 Å². The predicted octanol–water partition coefficient (Wildman–Crippen LogP) is 4.64. The zero-order valence-electron chi connectivity index (χ0n) is 16.8. The maximum atomic E-state index is 13.0. The van der Waals surface area contributed by atoms with Crippen molar-refractivity contribution >= 4 is 45.0 Å². The van der Waals surface area contributed by atoms with Crippen molar-refractivity contribution in [2.45, 2.75) is 35.5 Å². The second-order valence-corrected chi connectivity index (χ2v) is 10.4. The van der Waals surface area contributed by atoms with E-state index in [4.69, 9.17) is 16.3 Å². The Hall–Kier alpha value is -1.74. The molecule has 1 aliphatic heterocycles. The van der Waals surface area contributed by atoms with Gasteiger partial charge in [0.25, 0.3) is 0 Å². The molecule has 2 aromatic rings. The molecule has 0 aromatic heterocycles. The van der Waals surface area contributed by atoms with Crippen LogP contribution in [0.5, 0.6) is 5.75 Å². The minimum Gasteiger partial charge on any atom is -0.497 e. The molecule has 0 atom stereocenters. The molecular formula is C21H25ClN2O4S2. The number of hydrogen-bond donors (Lipinski definition) is 1. The largest absolute Gasteiger partial charge is 0.497 e. The smallest absolute Gasteiger partial charge is 0.243 e. The monoisotopic (exact) mass is 468 g/mol. The highest BCUT2D eigenvalue weighted by molar-refractivity contribution is 8.00. The van der Waals surface area contributed by atoms with Crippen molar-refractivity contribution in [2.24, 2.45) is 0 Å². The van der Waals surface area contributed by atoms with Crippen molar-refractivity contribution < 1.29 is 17.9 Å². The van der Waals surface area contributed by atoms with E-state index in [0.29, 0.717) is 23.8 Å². The third-order valence-corrected chi connectivity index (χ3v) is 8.08. The van der Waals surface area contributed by atoms with Crippen molar-refractivity contribution in [2.75, 3.05) is 31.3 Å². The zero-order chi connectivity index (χ0) is 21.6. The molecule has 6 nitrogen and oxygen atoms in total. The zero-order valence-corrected chi connectivity index (χ0v) is 19.2. The molecule has 1 amide bonds. The maximum Gasteiger partial charge on any atom is 0.243 e. The number of nitrogens with one attached hydrogen (secondary N) is 1. The van der Waals surface area contributed by atoms with Gasteiger partial charge in [0, 0.05) is 18.0 Å². The van der Waals surface area contributed by atoms with E-state index in [1.165, 1.54) is 34.3 Å². The van der Waals surface area contributed by atoms with E-state index in [-0.39, 0.29) is 16.6 Å². The quantitative estimate of drug-likeness (QED) is 0.599. The first-order valence-corrected chi connectivity index (χ1v) is 12.6. The van der Waals surface area contributed by atoms with Crippen LogP contribution in [0.25, 0.3) is 0 Å². The number of carbonyl (C=O) groups is 1. The van der Waals surface area contributed by atoms with Crippen LogP contribution in [0.3, 0.4) is 0 Å². The second kappa shape index (κ2) is 10.5. The minimum absolute atomic E-state index is 0.145. The summed E-state index contributed by atoms with van der Waals surface area (Å²) in [7, 11) is -2.02. The van der Waals surface area contributed by atoms with Gasteiger partial charge < -0.3 is 10.1 Å². The number of carbonyl (C=O) groups excluding carboxylic acids is 1. The first kappa shape index (κ1) is 22.9. The number of hydrogen-bond acceptors (Lipinski definition) is 5. The third kappa shape index (κ3) is 5.91. The highest BCUT2D eigenvalue weighted by Gasteiger charge is 2.26. The molecule has 0 saturated carbocycles. The Morgan fingerprint density at radius 2 is 1.77 bits per heavy atom.